The summed E-state index contributed by atoms with van der Waals surface area (Å²) in [5.74, 6) is -0.627. The quantitative estimate of drug-likeness (QED) is 0.592. The summed E-state index contributed by atoms with van der Waals surface area (Å²) in [5.41, 5.74) is 0.665. The summed E-state index contributed by atoms with van der Waals surface area (Å²) in [6.07, 6.45) is 0. The Morgan fingerprint density at radius 2 is 2.23 bits per heavy atom. The lowest BCUT2D eigenvalue weighted by Gasteiger charge is -2.03. The van der Waals surface area contributed by atoms with Crippen molar-refractivity contribution in [3.8, 4) is 0 Å². The molecule has 0 unspecified atom stereocenters. The first kappa shape index (κ1) is 10.7. The molecule has 0 spiro atoms. The van der Waals surface area contributed by atoms with Gasteiger partial charge in [-0.15, -0.1) is 0 Å². The zero-order valence-electron chi connectivity index (χ0n) is 6.90. The highest BCUT2D eigenvalue weighted by atomic mass is 79.9. The Hall–Kier alpha value is -0.410. The van der Waals surface area contributed by atoms with Crippen LogP contribution in [0.15, 0.2) is 12.1 Å². The molecular formula is C9H7BrClFO. The number of benzene rings is 1. The van der Waals surface area contributed by atoms with Gasteiger partial charge in [-0.25, -0.2) is 4.39 Å². The van der Waals surface area contributed by atoms with Crippen molar-refractivity contribution >= 4 is 33.3 Å². The van der Waals surface area contributed by atoms with Gasteiger partial charge in [0, 0.05) is 5.56 Å². The number of aryl methyl sites for hydroxylation is 1. The van der Waals surface area contributed by atoms with Gasteiger partial charge in [0.1, 0.15) is 5.82 Å². The van der Waals surface area contributed by atoms with Crippen molar-refractivity contribution in [2.24, 2.45) is 0 Å². The van der Waals surface area contributed by atoms with Gasteiger partial charge in [0.15, 0.2) is 5.78 Å². The van der Waals surface area contributed by atoms with Crippen molar-refractivity contribution in [3.05, 3.63) is 34.1 Å². The second kappa shape index (κ2) is 4.20. The molecule has 70 valence electrons. The highest BCUT2D eigenvalue weighted by Crippen LogP contribution is 2.21. The Bertz CT molecular complexity index is 352. The van der Waals surface area contributed by atoms with E-state index in [2.05, 4.69) is 15.9 Å². The maximum Gasteiger partial charge on any atom is 0.174 e. The number of hydrogen-bond acceptors (Lipinski definition) is 1. The SMILES string of the molecule is Cc1cc(Cl)c(C(=O)CBr)cc1F. The van der Waals surface area contributed by atoms with Crippen molar-refractivity contribution in [1.29, 1.82) is 0 Å². The van der Waals surface area contributed by atoms with E-state index in [-0.39, 0.29) is 16.7 Å². The lowest BCUT2D eigenvalue weighted by molar-refractivity contribution is 0.102. The number of ketones is 1. The van der Waals surface area contributed by atoms with Crippen LogP contribution in [-0.4, -0.2) is 11.1 Å². The molecule has 0 aliphatic carbocycles. The molecule has 13 heavy (non-hydrogen) atoms. The highest BCUT2D eigenvalue weighted by molar-refractivity contribution is 9.09. The fourth-order valence-corrected chi connectivity index (χ4v) is 1.56. The van der Waals surface area contributed by atoms with E-state index in [0.29, 0.717) is 10.6 Å². The first-order chi connectivity index (χ1) is 6.06. The van der Waals surface area contributed by atoms with Gasteiger partial charge in [0.05, 0.1) is 10.4 Å². The van der Waals surface area contributed by atoms with Gasteiger partial charge in [-0.3, -0.25) is 4.79 Å². The predicted molar refractivity (Wildman–Crippen MR) is 54.3 cm³/mol. The second-order valence-electron chi connectivity index (χ2n) is 2.64. The first-order valence-electron chi connectivity index (χ1n) is 3.61. The van der Waals surface area contributed by atoms with Crippen molar-refractivity contribution in [3.63, 3.8) is 0 Å². The molecule has 0 saturated carbocycles. The molecule has 0 atom stereocenters. The lowest BCUT2D eigenvalue weighted by Crippen LogP contribution is -2.02. The average molecular weight is 266 g/mol. The van der Waals surface area contributed by atoms with E-state index in [9.17, 15) is 9.18 Å². The van der Waals surface area contributed by atoms with Gasteiger partial charge < -0.3 is 0 Å². The summed E-state index contributed by atoms with van der Waals surface area (Å²) in [7, 11) is 0. The van der Waals surface area contributed by atoms with Crippen molar-refractivity contribution < 1.29 is 9.18 Å². The van der Waals surface area contributed by atoms with Crippen LogP contribution < -0.4 is 0 Å². The molecule has 0 heterocycles. The molecular weight excluding hydrogens is 258 g/mol. The maximum atomic E-state index is 13.0. The summed E-state index contributed by atoms with van der Waals surface area (Å²) >= 11 is 8.76. The number of hydrogen-bond donors (Lipinski definition) is 0. The Labute approximate surface area is 89.0 Å². The van der Waals surface area contributed by atoms with Crippen molar-refractivity contribution in [2.45, 2.75) is 6.92 Å². The van der Waals surface area contributed by atoms with E-state index in [4.69, 9.17) is 11.6 Å². The maximum absolute atomic E-state index is 13.0. The summed E-state index contributed by atoms with van der Waals surface area (Å²) < 4.78 is 13.0. The fourth-order valence-electron chi connectivity index (χ4n) is 0.932. The highest BCUT2D eigenvalue weighted by Gasteiger charge is 2.11. The largest absolute Gasteiger partial charge is 0.293 e. The van der Waals surface area contributed by atoms with E-state index < -0.39 is 5.82 Å². The molecule has 0 bridgehead atoms. The molecule has 4 heteroatoms. The normalized spacial score (nSPS) is 10.2. The third-order valence-corrected chi connectivity index (χ3v) is 2.49. The number of Topliss-reactive ketones (excluding diaryl/α,β-unsaturated/α-hetero) is 1. The Balaban J connectivity index is 3.23. The second-order valence-corrected chi connectivity index (χ2v) is 3.61. The Kier molecular flexibility index (Phi) is 3.45. The van der Waals surface area contributed by atoms with Gasteiger partial charge in [-0.1, -0.05) is 27.5 Å². The third kappa shape index (κ3) is 2.29. The summed E-state index contributed by atoms with van der Waals surface area (Å²) in [6, 6.07) is 2.62. The molecule has 1 rings (SSSR count). The zero-order valence-corrected chi connectivity index (χ0v) is 9.25. The van der Waals surface area contributed by atoms with Gasteiger partial charge in [-0.05, 0) is 24.6 Å². The Morgan fingerprint density at radius 3 is 2.77 bits per heavy atom. The number of carbonyl (C=O) groups is 1. The van der Waals surface area contributed by atoms with E-state index >= 15 is 0 Å². The third-order valence-electron chi connectivity index (χ3n) is 1.67. The molecule has 0 amide bonds. The lowest BCUT2D eigenvalue weighted by atomic mass is 10.1. The minimum atomic E-state index is -0.409. The van der Waals surface area contributed by atoms with Crippen LogP contribution in [-0.2, 0) is 0 Å². The van der Waals surface area contributed by atoms with E-state index in [1.807, 2.05) is 0 Å². The van der Waals surface area contributed by atoms with Crippen LogP contribution in [0.2, 0.25) is 5.02 Å². The number of alkyl halides is 1. The Morgan fingerprint density at radius 1 is 1.62 bits per heavy atom. The van der Waals surface area contributed by atoms with Crippen molar-refractivity contribution in [1.82, 2.24) is 0 Å². The van der Waals surface area contributed by atoms with E-state index in [1.165, 1.54) is 12.1 Å². The van der Waals surface area contributed by atoms with Crippen LogP contribution in [0.5, 0.6) is 0 Å². The summed E-state index contributed by atoms with van der Waals surface area (Å²) in [5, 5.41) is 0.443. The average Bonchev–Trinajstić information content (AvgIpc) is 2.10. The van der Waals surface area contributed by atoms with Crippen LogP contribution in [0.1, 0.15) is 15.9 Å². The number of carbonyl (C=O) groups excluding carboxylic acids is 1. The van der Waals surface area contributed by atoms with Crippen LogP contribution in [0.3, 0.4) is 0 Å². The number of halogens is 3. The van der Waals surface area contributed by atoms with Gasteiger partial charge in [-0.2, -0.15) is 0 Å². The number of rotatable bonds is 2. The molecule has 0 N–H and O–H groups in total. The predicted octanol–water partition coefficient (Wildman–Crippen LogP) is 3.37. The molecule has 0 aliphatic heterocycles. The van der Waals surface area contributed by atoms with Gasteiger partial charge >= 0.3 is 0 Å². The minimum absolute atomic E-state index is 0.148. The van der Waals surface area contributed by atoms with Gasteiger partial charge in [0.2, 0.25) is 0 Å². The standard InChI is InChI=1S/C9H7BrClFO/c1-5-2-7(11)6(3-8(5)12)9(13)4-10/h2-3H,4H2,1H3. The molecule has 0 aliphatic rings. The smallest absolute Gasteiger partial charge is 0.174 e. The minimum Gasteiger partial charge on any atom is -0.293 e. The topological polar surface area (TPSA) is 17.1 Å². The molecule has 0 radical (unpaired) electrons. The van der Waals surface area contributed by atoms with E-state index in [1.54, 1.807) is 6.92 Å². The molecule has 1 aromatic carbocycles. The fraction of sp³-hybridized carbons (Fsp3) is 0.222. The molecule has 0 aromatic heterocycles. The molecule has 0 saturated heterocycles. The van der Waals surface area contributed by atoms with Crippen LogP contribution in [0, 0.1) is 12.7 Å². The molecule has 1 aromatic rings. The monoisotopic (exact) mass is 264 g/mol. The molecule has 0 fully saturated rings. The summed E-state index contributed by atoms with van der Waals surface area (Å²) in [6.45, 7) is 1.60. The zero-order chi connectivity index (χ0) is 10.0. The van der Waals surface area contributed by atoms with Crippen LogP contribution in [0.4, 0.5) is 4.39 Å². The molecule has 1 nitrogen and oxygen atoms in total. The summed E-state index contributed by atoms with van der Waals surface area (Å²) in [4.78, 5) is 11.2. The van der Waals surface area contributed by atoms with E-state index in [0.717, 1.165) is 0 Å². The first-order valence-corrected chi connectivity index (χ1v) is 5.11. The van der Waals surface area contributed by atoms with Gasteiger partial charge in [0.25, 0.3) is 0 Å². The van der Waals surface area contributed by atoms with Crippen molar-refractivity contribution in [2.75, 3.05) is 5.33 Å². The van der Waals surface area contributed by atoms with Crippen LogP contribution in [0.25, 0.3) is 0 Å². The van der Waals surface area contributed by atoms with Crippen LogP contribution >= 0.6 is 27.5 Å².